The molecule has 7 aromatic rings. The number of para-hydroxylation sites is 2. The molecule has 0 fully saturated rings. The molecule has 6 heteroatoms. The fraction of sp³-hybridized carbons (Fsp3) is 0.333. The van der Waals surface area contributed by atoms with E-state index in [2.05, 4.69) is 130 Å². The summed E-state index contributed by atoms with van der Waals surface area (Å²) in [5.74, 6) is 0.0648. The quantitative estimate of drug-likeness (QED) is 0.146. The lowest BCUT2D eigenvalue weighted by Gasteiger charge is -2.20. The highest BCUT2D eigenvalue weighted by Crippen LogP contribution is 2.42. The minimum atomic E-state index is 0.0648. The molecule has 0 unspecified atom stereocenters. The average Bonchev–Trinajstić information content (AvgIpc) is 3.84. The van der Waals surface area contributed by atoms with Crippen LogP contribution in [0.1, 0.15) is 118 Å². The Kier molecular flexibility index (Phi) is 8.36. The second kappa shape index (κ2) is 12.9. The number of aromatic amines is 4. The Balaban J connectivity index is 1.47. The van der Waals surface area contributed by atoms with Gasteiger partial charge in [0.1, 0.15) is 11.4 Å². The van der Waals surface area contributed by atoms with Crippen molar-refractivity contribution in [3.8, 4) is 22.8 Å². The van der Waals surface area contributed by atoms with Gasteiger partial charge in [-0.1, -0.05) is 70.2 Å². The molecule has 8 rings (SSSR count). The lowest BCUT2D eigenvalue weighted by atomic mass is 9.86. The second-order valence-corrected chi connectivity index (χ2v) is 14.4. The average molecular weight is 675 g/mol. The number of rotatable bonds is 5. The van der Waals surface area contributed by atoms with Crippen LogP contribution in [0.25, 0.3) is 33.8 Å². The van der Waals surface area contributed by atoms with Crippen molar-refractivity contribution < 1.29 is 0 Å². The molecule has 0 atom stereocenters. The summed E-state index contributed by atoms with van der Waals surface area (Å²) in [7, 11) is 0. The van der Waals surface area contributed by atoms with Crippen molar-refractivity contribution in [3.63, 3.8) is 0 Å². The Hall–Kier alpha value is -5.10. The topological polar surface area (TPSA) is 88.9 Å². The molecule has 0 saturated carbocycles. The van der Waals surface area contributed by atoms with Crippen LogP contribution < -0.4 is 0 Å². The maximum Gasteiger partial charge on any atom is 0.115 e. The molecular weight excluding hydrogens is 625 g/mol. The molecular formula is C45H50N6. The summed E-state index contributed by atoms with van der Waals surface area (Å²) in [4.78, 5) is 26.8. The summed E-state index contributed by atoms with van der Waals surface area (Å²) in [5, 5.41) is 0. The summed E-state index contributed by atoms with van der Waals surface area (Å²) in [5.41, 5.74) is 25.5. The predicted molar refractivity (Wildman–Crippen MR) is 210 cm³/mol. The van der Waals surface area contributed by atoms with Gasteiger partial charge in [0.05, 0.1) is 28.3 Å². The van der Waals surface area contributed by atoms with E-state index in [9.17, 15) is 0 Å². The van der Waals surface area contributed by atoms with Crippen LogP contribution in [0.3, 0.4) is 0 Å². The zero-order valence-electron chi connectivity index (χ0n) is 31.4. The number of aromatic nitrogens is 6. The van der Waals surface area contributed by atoms with Gasteiger partial charge in [0.15, 0.2) is 0 Å². The number of nitrogens with one attached hydrogen (secondary N) is 4. The van der Waals surface area contributed by atoms with Gasteiger partial charge in [0.2, 0.25) is 0 Å². The molecule has 6 heterocycles. The van der Waals surface area contributed by atoms with Crippen molar-refractivity contribution in [3.05, 3.63) is 139 Å². The highest BCUT2D eigenvalue weighted by Gasteiger charge is 2.31. The summed E-state index contributed by atoms with van der Waals surface area (Å²) in [6.07, 6.45) is 5.38. The zero-order chi connectivity index (χ0) is 35.6. The van der Waals surface area contributed by atoms with Crippen LogP contribution in [0, 0.1) is 27.7 Å². The molecule has 1 aliphatic heterocycles. The number of fused-ring (bicyclic) bond motifs is 12. The van der Waals surface area contributed by atoms with E-state index >= 15 is 0 Å². The van der Waals surface area contributed by atoms with Crippen LogP contribution >= 0.6 is 0 Å². The van der Waals surface area contributed by atoms with Crippen molar-refractivity contribution >= 4 is 11.0 Å². The molecule has 1 aliphatic rings. The standard InChI is InChI=1S/C45H50N6/c1-9-29-26(7)40-44-45(47-34-21-17-16-20-33(34)46-44)41-27(8)30(10-2)38(51-41)23-36-25(6)32(12-4)43(49-36)39(28-18-14-13-15-19-28)42-31(11-3)24(5)35(48-42)22-37(29)50-40/h13-21,39,48-51H,9-12,22-23H2,1-8H3. The predicted octanol–water partition coefficient (Wildman–Crippen LogP) is 10.4. The molecule has 8 bridgehead atoms. The van der Waals surface area contributed by atoms with Crippen molar-refractivity contribution in [1.82, 2.24) is 29.9 Å². The highest BCUT2D eigenvalue weighted by atomic mass is 14.9. The van der Waals surface area contributed by atoms with Crippen LogP contribution in [-0.4, -0.2) is 29.9 Å². The zero-order valence-corrected chi connectivity index (χ0v) is 31.4. The maximum atomic E-state index is 5.37. The Morgan fingerprint density at radius 3 is 1.31 bits per heavy atom. The number of hydrogen-bond donors (Lipinski definition) is 4. The number of H-pyrrole nitrogens is 4. The monoisotopic (exact) mass is 674 g/mol. The van der Waals surface area contributed by atoms with Crippen LogP contribution in [0.15, 0.2) is 54.6 Å². The minimum absolute atomic E-state index is 0.0648. The van der Waals surface area contributed by atoms with E-state index in [4.69, 9.17) is 9.97 Å². The Morgan fingerprint density at radius 2 is 0.902 bits per heavy atom. The Labute approximate surface area is 301 Å². The number of benzene rings is 2. The van der Waals surface area contributed by atoms with E-state index in [1.54, 1.807) is 0 Å². The van der Waals surface area contributed by atoms with Gasteiger partial charge in [-0.2, -0.15) is 0 Å². The first-order valence-corrected chi connectivity index (χ1v) is 18.9. The van der Waals surface area contributed by atoms with Crippen molar-refractivity contribution in [2.24, 2.45) is 0 Å². The molecule has 0 spiro atoms. The van der Waals surface area contributed by atoms with E-state index in [0.717, 1.165) is 72.3 Å². The minimum Gasteiger partial charge on any atom is -0.361 e. The van der Waals surface area contributed by atoms with Crippen LogP contribution in [0.2, 0.25) is 0 Å². The van der Waals surface area contributed by atoms with Gasteiger partial charge in [-0.05, 0) is 116 Å². The molecule has 51 heavy (non-hydrogen) atoms. The first-order chi connectivity index (χ1) is 24.8. The van der Waals surface area contributed by atoms with Gasteiger partial charge < -0.3 is 19.9 Å². The van der Waals surface area contributed by atoms with E-state index in [1.807, 2.05) is 0 Å². The van der Waals surface area contributed by atoms with Crippen molar-refractivity contribution in [2.75, 3.05) is 0 Å². The Morgan fingerprint density at radius 1 is 0.490 bits per heavy atom. The maximum absolute atomic E-state index is 5.37. The third-order valence-corrected chi connectivity index (χ3v) is 11.8. The molecule has 4 N–H and O–H groups in total. The van der Waals surface area contributed by atoms with Crippen molar-refractivity contribution in [1.29, 1.82) is 0 Å². The second-order valence-electron chi connectivity index (χ2n) is 14.4. The summed E-state index contributed by atoms with van der Waals surface area (Å²) in [6.45, 7) is 18.3. The smallest absolute Gasteiger partial charge is 0.115 e. The molecule has 0 radical (unpaired) electrons. The fourth-order valence-electron chi connectivity index (χ4n) is 9.14. The Bertz CT molecular complexity index is 2260. The molecule has 2 aromatic carbocycles. The van der Waals surface area contributed by atoms with E-state index in [1.165, 1.54) is 84.2 Å². The summed E-state index contributed by atoms with van der Waals surface area (Å²) in [6, 6.07) is 19.3. The van der Waals surface area contributed by atoms with Gasteiger partial charge in [-0.25, -0.2) is 9.97 Å². The van der Waals surface area contributed by atoms with Gasteiger partial charge in [-0.15, -0.1) is 0 Å². The molecule has 6 nitrogen and oxygen atoms in total. The normalized spacial score (nSPS) is 13.2. The molecule has 0 amide bonds. The van der Waals surface area contributed by atoms with E-state index < -0.39 is 0 Å². The van der Waals surface area contributed by atoms with E-state index in [0.29, 0.717) is 0 Å². The molecule has 0 aliphatic carbocycles. The molecule has 5 aromatic heterocycles. The van der Waals surface area contributed by atoms with Gasteiger partial charge >= 0.3 is 0 Å². The highest BCUT2D eigenvalue weighted by molar-refractivity contribution is 5.87. The van der Waals surface area contributed by atoms with Crippen molar-refractivity contribution in [2.45, 2.75) is 99.8 Å². The van der Waals surface area contributed by atoms with Crippen LogP contribution in [0.4, 0.5) is 0 Å². The molecule has 0 saturated heterocycles. The van der Waals surface area contributed by atoms with Crippen LogP contribution in [-0.2, 0) is 38.5 Å². The lowest BCUT2D eigenvalue weighted by molar-refractivity contribution is 0.841. The lowest BCUT2D eigenvalue weighted by Crippen LogP contribution is -2.09. The SMILES string of the molecule is CCc1c2[nH]c(c1C)-c1nc3ccccc3nc1-c1[nH]c(c(CC)c1C)Cc1[nH]c(c(CC)c1C)C(c1ccccc1)c1[nH]c(c(C)c1CC)C2. The van der Waals surface area contributed by atoms with Crippen LogP contribution in [0.5, 0.6) is 0 Å². The summed E-state index contributed by atoms with van der Waals surface area (Å²) < 4.78 is 0. The molecule has 260 valence electrons. The van der Waals surface area contributed by atoms with Gasteiger partial charge in [0, 0.05) is 47.0 Å². The largest absolute Gasteiger partial charge is 0.361 e. The van der Waals surface area contributed by atoms with Gasteiger partial charge in [-0.3, -0.25) is 0 Å². The number of nitrogens with zero attached hydrogens (tertiary/aromatic N) is 2. The fourth-order valence-corrected chi connectivity index (χ4v) is 9.14. The first-order valence-electron chi connectivity index (χ1n) is 18.9. The third kappa shape index (κ3) is 5.21. The third-order valence-electron chi connectivity index (χ3n) is 11.8. The van der Waals surface area contributed by atoms with E-state index in [-0.39, 0.29) is 5.92 Å². The summed E-state index contributed by atoms with van der Waals surface area (Å²) >= 11 is 0. The number of hydrogen-bond acceptors (Lipinski definition) is 2. The first kappa shape index (κ1) is 33.1. The van der Waals surface area contributed by atoms with Gasteiger partial charge in [0.25, 0.3) is 0 Å².